The summed E-state index contributed by atoms with van der Waals surface area (Å²) in [4.78, 5) is 21.7. The van der Waals surface area contributed by atoms with Gasteiger partial charge in [0, 0.05) is 19.1 Å². The number of pyridine rings is 1. The van der Waals surface area contributed by atoms with E-state index in [4.69, 9.17) is 5.26 Å². The highest BCUT2D eigenvalue weighted by Crippen LogP contribution is 2.22. The van der Waals surface area contributed by atoms with E-state index in [1.165, 1.54) is 18.8 Å². The lowest BCUT2D eigenvalue weighted by Gasteiger charge is -2.21. The second-order valence-corrected chi connectivity index (χ2v) is 6.92. The van der Waals surface area contributed by atoms with Crippen LogP contribution in [0.1, 0.15) is 12.1 Å². The van der Waals surface area contributed by atoms with Gasteiger partial charge in [0.2, 0.25) is 0 Å². The summed E-state index contributed by atoms with van der Waals surface area (Å²) in [5, 5.41) is 11.8. The van der Waals surface area contributed by atoms with E-state index in [1.807, 2.05) is 29.1 Å². The van der Waals surface area contributed by atoms with Gasteiger partial charge in [-0.25, -0.2) is 19.9 Å². The molecule has 9 nitrogen and oxygen atoms in total. The van der Waals surface area contributed by atoms with Crippen molar-refractivity contribution in [3.63, 3.8) is 0 Å². The lowest BCUT2D eigenvalue weighted by molar-refractivity contribution is 0.315. The van der Waals surface area contributed by atoms with Gasteiger partial charge in [-0.05, 0) is 32.6 Å². The van der Waals surface area contributed by atoms with Gasteiger partial charge in [0.25, 0.3) is 0 Å². The molecule has 1 aliphatic heterocycles. The summed E-state index contributed by atoms with van der Waals surface area (Å²) in [7, 11) is 4.26. The van der Waals surface area contributed by atoms with Crippen LogP contribution in [-0.2, 0) is 0 Å². The van der Waals surface area contributed by atoms with Crippen LogP contribution in [0.5, 0.6) is 0 Å². The van der Waals surface area contributed by atoms with Gasteiger partial charge in [-0.15, -0.1) is 0 Å². The van der Waals surface area contributed by atoms with Gasteiger partial charge in [0.15, 0.2) is 5.69 Å². The number of nitriles is 1. The maximum absolute atomic E-state index is 8.77. The van der Waals surface area contributed by atoms with Crippen molar-refractivity contribution >= 4 is 17.3 Å². The molecule has 1 aliphatic rings. The zero-order valence-corrected chi connectivity index (χ0v) is 15.8. The van der Waals surface area contributed by atoms with Crippen LogP contribution in [0.15, 0.2) is 43.2 Å². The van der Waals surface area contributed by atoms with Crippen LogP contribution >= 0.6 is 0 Å². The van der Waals surface area contributed by atoms with E-state index >= 15 is 0 Å². The molecular formula is C19H21N9. The monoisotopic (exact) mass is 375 g/mol. The molecule has 28 heavy (non-hydrogen) atoms. The van der Waals surface area contributed by atoms with E-state index in [0.29, 0.717) is 17.7 Å². The minimum Gasteiger partial charge on any atom is -0.369 e. The predicted octanol–water partition coefficient (Wildman–Crippen LogP) is 1.81. The molecule has 0 bridgehead atoms. The van der Waals surface area contributed by atoms with Gasteiger partial charge in [0.05, 0.1) is 30.5 Å². The summed E-state index contributed by atoms with van der Waals surface area (Å²) in [6, 6.07) is 6.62. The lowest BCUT2D eigenvalue weighted by atomic mass is 10.2. The van der Waals surface area contributed by atoms with Crippen molar-refractivity contribution in [3.8, 4) is 11.9 Å². The van der Waals surface area contributed by atoms with Gasteiger partial charge in [-0.3, -0.25) is 4.57 Å². The number of hydrogen-bond donors (Lipinski definition) is 1. The third kappa shape index (κ3) is 3.77. The van der Waals surface area contributed by atoms with E-state index in [1.54, 1.807) is 6.33 Å². The molecule has 0 saturated carbocycles. The molecule has 0 aliphatic carbocycles. The molecule has 4 heterocycles. The molecular weight excluding hydrogens is 354 g/mol. The van der Waals surface area contributed by atoms with Crippen LogP contribution in [-0.4, -0.2) is 62.6 Å². The number of nitrogens with one attached hydrogen (secondary N) is 1. The van der Waals surface area contributed by atoms with Crippen molar-refractivity contribution in [1.82, 2.24) is 29.4 Å². The summed E-state index contributed by atoms with van der Waals surface area (Å²) >= 11 is 0. The molecule has 1 fully saturated rings. The Bertz CT molecular complexity index is 970. The zero-order chi connectivity index (χ0) is 19.5. The highest BCUT2D eigenvalue weighted by Gasteiger charge is 2.24. The van der Waals surface area contributed by atoms with Crippen LogP contribution in [0.2, 0.25) is 0 Å². The Morgan fingerprint density at radius 1 is 1.11 bits per heavy atom. The molecule has 1 N–H and O–H groups in total. The van der Waals surface area contributed by atoms with Gasteiger partial charge < -0.3 is 15.1 Å². The van der Waals surface area contributed by atoms with E-state index in [-0.39, 0.29) is 5.69 Å². The first-order valence-electron chi connectivity index (χ1n) is 9.03. The topological polar surface area (TPSA) is 98.8 Å². The molecule has 0 spiro atoms. The average Bonchev–Trinajstić information content (AvgIpc) is 3.39. The Balaban J connectivity index is 1.43. The minimum absolute atomic E-state index is 0.273. The molecule has 9 heteroatoms. The molecule has 1 saturated heterocycles. The fraction of sp³-hybridized carbons (Fsp3) is 0.316. The summed E-state index contributed by atoms with van der Waals surface area (Å²) < 4.78 is 1.84. The summed E-state index contributed by atoms with van der Waals surface area (Å²) in [5.41, 5.74) is 1.41. The number of hydrogen-bond acceptors (Lipinski definition) is 8. The largest absolute Gasteiger partial charge is 0.369 e. The fourth-order valence-corrected chi connectivity index (χ4v) is 3.21. The Kier molecular flexibility index (Phi) is 4.87. The van der Waals surface area contributed by atoms with Crippen molar-refractivity contribution in [1.29, 1.82) is 5.26 Å². The molecule has 4 rings (SSSR count). The Labute approximate surface area is 163 Å². The number of imidazole rings is 1. The molecule has 1 atom stereocenters. The first kappa shape index (κ1) is 17.9. The Morgan fingerprint density at radius 3 is 2.64 bits per heavy atom. The number of likely N-dealkylation sites (N-methyl/N-ethyl adjacent to an activating group) is 1. The second kappa shape index (κ2) is 7.62. The number of nitrogens with zero attached hydrogens (tertiary/aromatic N) is 8. The molecule has 1 unspecified atom stereocenters. The Morgan fingerprint density at radius 2 is 2.00 bits per heavy atom. The minimum atomic E-state index is 0.273. The van der Waals surface area contributed by atoms with Crippen LogP contribution in [0.25, 0.3) is 5.82 Å². The molecule has 0 radical (unpaired) electrons. The van der Waals surface area contributed by atoms with Crippen molar-refractivity contribution in [2.24, 2.45) is 0 Å². The second-order valence-electron chi connectivity index (χ2n) is 6.92. The van der Waals surface area contributed by atoms with E-state index < -0.39 is 0 Å². The SMILES string of the molecule is CN(C)C1CCN(c2ccc(-n3cnc(Nc4cnc(C#N)cn4)c3)nc2)C1. The average molecular weight is 375 g/mol. The zero-order valence-electron chi connectivity index (χ0n) is 15.8. The van der Waals surface area contributed by atoms with E-state index in [9.17, 15) is 0 Å². The van der Waals surface area contributed by atoms with E-state index in [2.05, 4.69) is 55.2 Å². The quantitative estimate of drug-likeness (QED) is 0.721. The van der Waals surface area contributed by atoms with Crippen LogP contribution in [0.4, 0.5) is 17.3 Å². The molecule has 142 valence electrons. The van der Waals surface area contributed by atoms with Crippen molar-refractivity contribution < 1.29 is 0 Å². The van der Waals surface area contributed by atoms with Crippen LogP contribution in [0.3, 0.4) is 0 Å². The highest BCUT2D eigenvalue weighted by molar-refractivity contribution is 5.51. The van der Waals surface area contributed by atoms with Crippen molar-refractivity contribution in [2.75, 3.05) is 37.4 Å². The predicted molar refractivity (Wildman–Crippen MR) is 106 cm³/mol. The molecule has 0 aromatic carbocycles. The first-order chi connectivity index (χ1) is 13.6. The maximum atomic E-state index is 8.77. The van der Waals surface area contributed by atoms with Gasteiger partial charge >= 0.3 is 0 Å². The number of aromatic nitrogens is 5. The van der Waals surface area contributed by atoms with Crippen LogP contribution < -0.4 is 10.2 Å². The molecule has 3 aromatic heterocycles. The van der Waals surface area contributed by atoms with Crippen LogP contribution in [0, 0.1) is 11.3 Å². The fourth-order valence-electron chi connectivity index (χ4n) is 3.21. The number of rotatable bonds is 5. The normalized spacial score (nSPS) is 16.4. The van der Waals surface area contributed by atoms with Gasteiger partial charge in [-0.2, -0.15) is 5.26 Å². The van der Waals surface area contributed by atoms with E-state index in [0.717, 1.165) is 24.6 Å². The summed E-state index contributed by atoms with van der Waals surface area (Å²) in [5.74, 6) is 1.94. The number of anilines is 3. The standard InChI is InChI=1S/C19H21N9/c1-26(2)16-5-6-27(11-16)15-3-4-19(23-9-15)28-12-18(24-13-28)25-17-10-21-14(7-20)8-22-17/h3-4,8-10,12-13,16H,5-6,11H2,1-2H3,(H,22,25). The smallest absolute Gasteiger partial charge is 0.158 e. The van der Waals surface area contributed by atoms with Gasteiger partial charge in [0.1, 0.15) is 29.9 Å². The summed E-state index contributed by atoms with van der Waals surface area (Å²) in [6.45, 7) is 2.08. The lowest BCUT2D eigenvalue weighted by Crippen LogP contribution is -2.31. The summed E-state index contributed by atoms with van der Waals surface area (Å²) in [6.07, 6.45) is 9.52. The Hall–Kier alpha value is -3.51. The molecule has 3 aromatic rings. The van der Waals surface area contributed by atoms with Crippen molar-refractivity contribution in [3.05, 3.63) is 48.9 Å². The third-order valence-corrected chi connectivity index (χ3v) is 4.86. The third-order valence-electron chi connectivity index (χ3n) is 4.86. The molecule has 0 amide bonds. The highest BCUT2D eigenvalue weighted by atomic mass is 15.2. The first-order valence-corrected chi connectivity index (χ1v) is 9.03. The van der Waals surface area contributed by atoms with Crippen molar-refractivity contribution in [2.45, 2.75) is 12.5 Å². The van der Waals surface area contributed by atoms with Gasteiger partial charge in [-0.1, -0.05) is 0 Å². The maximum Gasteiger partial charge on any atom is 0.158 e.